The Labute approximate surface area is 194 Å². The van der Waals surface area contributed by atoms with Crippen LogP contribution in [0.3, 0.4) is 0 Å². The molecule has 0 radical (unpaired) electrons. The third-order valence-corrected chi connectivity index (χ3v) is 6.74. The predicted octanol–water partition coefficient (Wildman–Crippen LogP) is 4.80. The standard InChI is InChI=1S/C25H30ClN3O3/c1-30-18-13-23(31-2)20(24(14-18)32-3)15-29-17-6-9-25(27,10-7-17)21-8-11-28-22-12-16(26)4-5-19(21)22/h4-5,8,11-14,17,29H,6-7,9-10,15,27H2,1-3H3. The van der Waals surface area contributed by atoms with Gasteiger partial charge in [-0.15, -0.1) is 0 Å². The van der Waals surface area contributed by atoms with Crippen molar-refractivity contribution in [2.45, 2.75) is 43.8 Å². The molecular formula is C25H30ClN3O3. The largest absolute Gasteiger partial charge is 0.496 e. The lowest BCUT2D eigenvalue weighted by molar-refractivity contribution is 0.251. The number of fused-ring (bicyclic) bond motifs is 1. The minimum absolute atomic E-state index is 0.366. The van der Waals surface area contributed by atoms with Gasteiger partial charge in [0.05, 0.1) is 32.4 Å². The summed E-state index contributed by atoms with van der Waals surface area (Å²) >= 11 is 6.15. The average Bonchev–Trinajstić information content (AvgIpc) is 2.82. The maximum atomic E-state index is 6.93. The zero-order valence-electron chi connectivity index (χ0n) is 18.8. The zero-order chi connectivity index (χ0) is 22.7. The highest BCUT2D eigenvalue weighted by molar-refractivity contribution is 6.31. The second kappa shape index (κ2) is 9.53. The second-order valence-corrected chi connectivity index (χ2v) is 8.78. The van der Waals surface area contributed by atoms with Gasteiger partial charge in [0.15, 0.2) is 0 Å². The van der Waals surface area contributed by atoms with Crippen LogP contribution >= 0.6 is 11.6 Å². The summed E-state index contributed by atoms with van der Waals surface area (Å²) in [5.74, 6) is 2.21. The van der Waals surface area contributed by atoms with Gasteiger partial charge in [0.1, 0.15) is 17.2 Å². The lowest BCUT2D eigenvalue weighted by Crippen LogP contribution is -2.45. The van der Waals surface area contributed by atoms with Crippen LogP contribution < -0.4 is 25.3 Å². The van der Waals surface area contributed by atoms with Crippen molar-refractivity contribution in [3.63, 3.8) is 0 Å². The van der Waals surface area contributed by atoms with E-state index < -0.39 is 0 Å². The molecular weight excluding hydrogens is 426 g/mol. The Morgan fingerprint density at radius 2 is 1.72 bits per heavy atom. The Bertz CT molecular complexity index is 1070. The highest BCUT2D eigenvalue weighted by Crippen LogP contribution is 2.39. The maximum Gasteiger partial charge on any atom is 0.130 e. The molecule has 0 unspecified atom stereocenters. The van der Waals surface area contributed by atoms with Gasteiger partial charge >= 0.3 is 0 Å². The first kappa shape index (κ1) is 22.6. The van der Waals surface area contributed by atoms with Crippen LogP contribution in [0.25, 0.3) is 10.9 Å². The normalized spacial score (nSPS) is 20.8. The van der Waals surface area contributed by atoms with E-state index in [0.717, 1.165) is 59.2 Å². The molecule has 1 aliphatic carbocycles. The molecule has 4 rings (SSSR count). The molecule has 1 fully saturated rings. The lowest BCUT2D eigenvalue weighted by Gasteiger charge is -2.38. The number of pyridine rings is 1. The van der Waals surface area contributed by atoms with E-state index >= 15 is 0 Å². The van der Waals surface area contributed by atoms with Crippen LogP contribution in [0.2, 0.25) is 5.02 Å². The molecule has 0 saturated heterocycles. The van der Waals surface area contributed by atoms with Crippen LogP contribution in [0, 0.1) is 0 Å². The highest BCUT2D eigenvalue weighted by atomic mass is 35.5. The van der Waals surface area contributed by atoms with Gasteiger partial charge in [-0.05, 0) is 49.4 Å². The van der Waals surface area contributed by atoms with Crippen molar-refractivity contribution in [1.82, 2.24) is 10.3 Å². The van der Waals surface area contributed by atoms with Gasteiger partial charge in [0, 0.05) is 46.9 Å². The summed E-state index contributed by atoms with van der Waals surface area (Å²) in [6.45, 7) is 0.648. The van der Waals surface area contributed by atoms with Gasteiger partial charge in [-0.1, -0.05) is 17.7 Å². The van der Waals surface area contributed by atoms with Crippen molar-refractivity contribution >= 4 is 22.5 Å². The third kappa shape index (κ3) is 4.49. The summed E-state index contributed by atoms with van der Waals surface area (Å²) < 4.78 is 16.5. The van der Waals surface area contributed by atoms with E-state index in [1.165, 1.54) is 0 Å². The van der Waals surface area contributed by atoms with Crippen molar-refractivity contribution in [3.8, 4) is 17.2 Å². The molecule has 32 heavy (non-hydrogen) atoms. The molecule has 7 heteroatoms. The van der Waals surface area contributed by atoms with E-state index in [1.54, 1.807) is 21.3 Å². The number of ether oxygens (including phenoxy) is 3. The number of nitrogens with two attached hydrogens (primary N) is 1. The van der Waals surface area contributed by atoms with E-state index in [0.29, 0.717) is 23.4 Å². The first-order valence-corrected chi connectivity index (χ1v) is 11.2. The summed E-state index contributed by atoms with van der Waals surface area (Å²) in [6.07, 6.45) is 5.57. The molecule has 0 spiro atoms. The van der Waals surface area contributed by atoms with Gasteiger partial charge in [-0.25, -0.2) is 0 Å². The van der Waals surface area contributed by atoms with E-state index in [9.17, 15) is 0 Å². The SMILES string of the molecule is COc1cc(OC)c(CNC2CCC(N)(c3ccnc4cc(Cl)ccc34)CC2)c(OC)c1. The predicted molar refractivity (Wildman–Crippen MR) is 128 cm³/mol. The Morgan fingerprint density at radius 3 is 2.34 bits per heavy atom. The van der Waals surface area contributed by atoms with Crippen molar-refractivity contribution in [2.75, 3.05) is 21.3 Å². The fourth-order valence-corrected chi connectivity index (χ4v) is 4.83. The fourth-order valence-electron chi connectivity index (χ4n) is 4.66. The van der Waals surface area contributed by atoms with E-state index in [-0.39, 0.29) is 5.54 Å². The molecule has 2 aromatic carbocycles. The Balaban J connectivity index is 1.46. The topological polar surface area (TPSA) is 78.6 Å². The van der Waals surface area contributed by atoms with Crippen LogP contribution in [0.5, 0.6) is 17.2 Å². The van der Waals surface area contributed by atoms with Crippen molar-refractivity contribution in [1.29, 1.82) is 0 Å². The van der Waals surface area contributed by atoms with E-state index in [1.807, 2.05) is 36.5 Å². The van der Waals surface area contributed by atoms with Crippen molar-refractivity contribution in [3.05, 3.63) is 58.7 Å². The molecule has 6 nitrogen and oxygen atoms in total. The van der Waals surface area contributed by atoms with Crippen molar-refractivity contribution < 1.29 is 14.2 Å². The number of rotatable bonds is 7. The fraction of sp³-hybridized carbons (Fsp3) is 0.400. The van der Waals surface area contributed by atoms with E-state index in [2.05, 4.69) is 16.4 Å². The van der Waals surface area contributed by atoms with Gasteiger partial charge < -0.3 is 25.3 Å². The molecule has 3 N–H and O–H groups in total. The minimum atomic E-state index is -0.372. The van der Waals surface area contributed by atoms with Gasteiger partial charge in [-0.3, -0.25) is 4.98 Å². The molecule has 1 saturated carbocycles. The lowest BCUT2D eigenvalue weighted by atomic mass is 9.74. The Hall–Kier alpha value is -2.54. The number of benzene rings is 2. The second-order valence-electron chi connectivity index (χ2n) is 8.34. The number of aromatic nitrogens is 1. The average molecular weight is 456 g/mol. The quantitative estimate of drug-likeness (QED) is 0.532. The monoisotopic (exact) mass is 455 g/mol. The summed E-state index contributed by atoms with van der Waals surface area (Å²) in [6, 6.07) is 12.0. The molecule has 1 heterocycles. The molecule has 0 bridgehead atoms. The van der Waals surface area contributed by atoms with Crippen LogP contribution in [-0.2, 0) is 12.1 Å². The van der Waals surface area contributed by atoms with Crippen LogP contribution in [-0.4, -0.2) is 32.4 Å². The Morgan fingerprint density at radius 1 is 1.03 bits per heavy atom. The molecule has 170 valence electrons. The number of nitrogens with one attached hydrogen (secondary N) is 1. The number of methoxy groups -OCH3 is 3. The summed E-state index contributed by atoms with van der Waals surface area (Å²) in [4.78, 5) is 4.47. The van der Waals surface area contributed by atoms with Gasteiger partial charge in [-0.2, -0.15) is 0 Å². The Kier molecular flexibility index (Phi) is 6.74. The first-order valence-electron chi connectivity index (χ1n) is 10.8. The van der Waals surface area contributed by atoms with Gasteiger partial charge in [0.25, 0.3) is 0 Å². The molecule has 0 atom stereocenters. The zero-order valence-corrected chi connectivity index (χ0v) is 19.5. The van der Waals surface area contributed by atoms with Crippen molar-refractivity contribution in [2.24, 2.45) is 5.73 Å². The number of halogens is 1. The smallest absolute Gasteiger partial charge is 0.130 e. The number of hydrogen-bond acceptors (Lipinski definition) is 6. The van der Waals surface area contributed by atoms with Crippen LogP contribution in [0.15, 0.2) is 42.6 Å². The number of nitrogens with zero attached hydrogens (tertiary/aromatic N) is 1. The molecule has 0 amide bonds. The minimum Gasteiger partial charge on any atom is -0.496 e. The maximum absolute atomic E-state index is 6.93. The third-order valence-electron chi connectivity index (χ3n) is 6.50. The molecule has 1 aliphatic rings. The molecule has 0 aliphatic heterocycles. The highest BCUT2D eigenvalue weighted by Gasteiger charge is 2.34. The summed E-state index contributed by atoms with van der Waals surface area (Å²) in [5, 5.41) is 5.44. The van der Waals surface area contributed by atoms with Gasteiger partial charge in [0.2, 0.25) is 0 Å². The van der Waals surface area contributed by atoms with Crippen LogP contribution in [0.1, 0.15) is 36.8 Å². The van der Waals surface area contributed by atoms with Crippen LogP contribution in [0.4, 0.5) is 0 Å². The van der Waals surface area contributed by atoms with E-state index in [4.69, 9.17) is 31.5 Å². The summed E-state index contributed by atoms with van der Waals surface area (Å²) in [7, 11) is 4.95. The molecule has 1 aromatic heterocycles. The first-order chi connectivity index (χ1) is 15.5. The molecule has 3 aromatic rings. The number of hydrogen-bond donors (Lipinski definition) is 2. The summed E-state index contributed by atoms with van der Waals surface area (Å²) in [5.41, 5.74) is 9.58.